The van der Waals surface area contributed by atoms with Crippen molar-refractivity contribution in [1.82, 2.24) is 24.7 Å². The van der Waals surface area contributed by atoms with Crippen LogP contribution < -0.4 is 5.56 Å². The van der Waals surface area contributed by atoms with Gasteiger partial charge in [0.15, 0.2) is 5.69 Å². The summed E-state index contributed by atoms with van der Waals surface area (Å²) < 4.78 is 21.5. The topological polar surface area (TPSA) is 287 Å². The Balaban J connectivity index is 0.000000979. The van der Waals surface area contributed by atoms with Crippen molar-refractivity contribution in [1.29, 1.82) is 21.3 Å². The SMILES string of the molecule is CC(C)(C)OC(=O)COCc1ccccc1.CC(C)(C)OC(=O)N(CCCC#N)OCc1ccccc1.COC(=O)c1nc2n(c(=O)c1O)CCC2.Cl.Cl.N#CCCCCl.N=C1CCCN1O.N=C1CCCN1OCc1ccccc1. The molecule has 3 aliphatic heterocycles. The Kier molecular flexibility index (Phi) is 37.7. The average Bonchev–Trinajstić information content (AvgIpc) is 4.33. The highest BCUT2D eigenvalue weighted by Gasteiger charge is 2.25. The number of ether oxygens (including phenoxy) is 4. The molecule has 0 spiro atoms. The summed E-state index contributed by atoms with van der Waals surface area (Å²) >= 11 is 5.23. The van der Waals surface area contributed by atoms with E-state index < -0.39 is 34.6 Å². The quantitative estimate of drug-likeness (QED) is 0.0267. The van der Waals surface area contributed by atoms with Crippen LogP contribution in [0.2, 0.25) is 0 Å². The third kappa shape index (κ3) is 32.3. The third-order valence-electron chi connectivity index (χ3n) is 10.4. The maximum Gasteiger partial charge on any atom is 0.434 e. The van der Waals surface area contributed by atoms with Crippen LogP contribution in [0.25, 0.3) is 0 Å². The van der Waals surface area contributed by atoms with Gasteiger partial charge in [-0.2, -0.15) is 15.6 Å². The lowest BCUT2D eigenvalue weighted by molar-refractivity contribution is -0.160. The van der Waals surface area contributed by atoms with Crippen LogP contribution in [0.4, 0.5) is 4.79 Å². The van der Waals surface area contributed by atoms with Crippen molar-refractivity contribution in [2.75, 3.05) is 39.2 Å². The fraction of sp³-hybridized carbons (Fsp3) is 0.491. The first-order valence-electron chi connectivity index (χ1n) is 25.9. The predicted octanol–water partition coefficient (Wildman–Crippen LogP) is 10.9. The Hall–Kier alpha value is -6.82. The summed E-state index contributed by atoms with van der Waals surface area (Å²) in [5, 5.41) is 52.9. The van der Waals surface area contributed by atoms with Gasteiger partial charge in [-0.1, -0.05) is 91.0 Å². The number of hydrogen-bond acceptors (Lipinski definition) is 17. The van der Waals surface area contributed by atoms with Gasteiger partial charge in [-0.3, -0.25) is 35.1 Å². The van der Waals surface area contributed by atoms with Crippen molar-refractivity contribution >= 4 is 66.1 Å². The zero-order valence-corrected chi connectivity index (χ0v) is 49.8. The molecule has 0 aliphatic carbocycles. The number of aromatic nitrogens is 2. The number of carbonyl (C=O) groups excluding carboxylic acids is 3. The number of aryl methyl sites for hydroxylation is 1. The zero-order valence-electron chi connectivity index (χ0n) is 47.4. The molecule has 446 valence electrons. The highest BCUT2D eigenvalue weighted by atomic mass is 35.5. The van der Waals surface area contributed by atoms with Crippen LogP contribution in [0, 0.1) is 33.5 Å². The maximum atomic E-state index is 12.1. The lowest BCUT2D eigenvalue weighted by Crippen LogP contribution is -2.37. The minimum atomic E-state index is -0.792. The Morgan fingerprint density at radius 2 is 1.23 bits per heavy atom. The number of unbranched alkanes of at least 4 members (excludes halogenated alkanes) is 2. The van der Waals surface area contributed by atoms with Gasteiger partial charge in [0.2, 0.25) is 5.75 Å². The van der Waals surface area contributed by atoms with Crippen molar-refractivity contribution in [3.05, 3.63) is 130 Å². The molecule has 2 saturated heterocycles. The number of nitrogens with zero attached hydrogens (tertiary/aromatic N) is 7. The number of halogens is 3. The first kappa shape index (κ1) is 74.2. The second kappa shape index (κ2) is 41.2. The van der Waals surface area contributed by atoms with Crippen LogP contribution in [-0.4, -0.2) is 115 Å². The Morgan fingerprint density at radius 1 is 0.728 bits per heavy atom. The van der Waals surface area contributed by atoms with E-state index in [1.54, 1.807) is 25.8 Å². The molecular formula is C57H80Cl3N9O12. The van der Waals surface area contributed by atoms with E-state index in [1.807, 2.05) is 124 Å². The number of amides is 1. The molecule has 3 aromatic carbocycles. The molecule has 7 rings (SSSR count). The third-order valence-corrected chi connectivity index (χ3v) is 10.7. The van der Waals surface area contributed by atoms with E-state index in [-0.39, 0.29) is 49.7 Å². The molecule has 1 aromatic heterocycles. The second-order valence-corrected chi connectivity index (χ2v) is 19.9. The molecule has 3 aliphatic rings. The van der Waals surface area contributed by atoms with Crippen LogP contribution in [0.5, 0.6) is 5.75 Å². The van der Waals surface area contributed by atoms with Crippen molar-refractivity contribution in [2.45, 2.75) is 143 Å². The van der Waals surface area contributed by atoms with Crippen LogP contribution >= 0.6 is 36.4 Å². The Morgan fingerprint density at radius 3 is 1.68 bits per heavy atom. The van der Waals surface area contributed by atoms with E-state index in [9.17, 15) is 24.3 Å². The molecule has 0 radical (unpaired) electrons. The molecule has 0 unspecified atom stereocenters. The molecule has 0 saturated carbocycles. The molecular weight excluding hydrogens is 1110 g/mol. The maximum absolute atomic E-state index is 12.1. The largest absolute Gasteiger partial charge is 0.501 e. The number of rotatable bonds is 16. The van der Waals surface area contributed by atoms with E-state index >= 15 is 0 Å². The van der Waals surface area contributed by atoms with Gasteiger partial charge in [0.25, 0.3) is 5.56 Å². The molecule has 24 heteroatoms. The Labute approximate surface area is 493 Å². The van der Waals surface area contributed by atoms with Gasteiger partial charge in [0, 0.05) is 57.6 Å². The standard InChI is InChI=1S/C16H22N2O3.C13H18O3.C11H14N2O.C9H10N2O4.C4H6ClN.C4H8N2O.2ClH/c1-16(2,3)21-15(19)18(12-8-7-11-17)20-13-14-9-5-4-6-10-14;1-13(2,3)16-12(14)10-15-9-11-7-5-4-6-8-11;12-11-7-4-8-13(11)14-9-10-5-2-1-3-6-10;1-15-9(14)6-7(12)8(13)11-4-2-3-5(11)10-6;5-3-1-2-4-6;5-4-2-1-3-6(4)7;;/h4-6,9-10H,7-8,12-13H2,1-3H3;4-8H,9-10H2,1-3H3;1-3,5-6,12H,4,7-9H2;12H,2-4H2,1H3;1-3H2;5,7H,1-3H2;2*1H. The van der Waals surface area contributed by atoms with Crippen molar-refractivity contribution in [3.8, 4) is 17.9 Å². The van der Waals surface area contributed by atoms with E-state index in [2.05, 4.69) is 9.72 Å². The van der Waals surface area contributed by atoms with Gasteiger partial charge in [-0.25, -0.2) is 29.5 Å². The molecule has 1 amide bonds. The second-order valence-electron chi connectivity index (χ2n) is 19.5. The summed E-state index contributed by atoms with van der Waals surface area (Å²) in [7, 11) is 1.17. The molecule has 0 bridgehead atoms. The summed E-state index contributed by atoms with van der Waals surface area (Å²) in [5.74, 6) is 0.322. The molecule has 21 nitrogen and oxygen atoms in total. The first-order valence-corrected chi connectivity index (χ1v) is 26.4. The normalized spacial score (nSPS) is 12.7. The lowest BCUT2D eigenvalue weighted by Gasteiger charge is -2.26. The van der Waals surface area contributed by atoms with E-state index in [4.69, 9.17) is 62.0 Å². The van der Waals surface area contributed by atoms with Gasteiger partial charge in [0.1, 0.15) is 41.9 Å². The van der Waals surface area contributed by atoms with Crippen LogP contribution in [0.1, 0.15) is 132 Å². The highest BCUT2D eigenvalue weighted by molar-refractivity contribution is 6.17. The van der Waals surface area contributed by atoms with Crippen molar-refractivity contribution < 1.29 is 53.3 Å². The minimum Gasteiger partial charge on any atom is -0.501 e. The lowest BCUT2D eigenvalue weighted by atomic mass is 10.2. The van der Waals surface area contributed by atoms with Crippen molar-refractivity contribution in [3.63, 3.8) is 0 Å². The summed E-state index contributed by atoms with van der Waals surface area (Å²) in [5.41, 5.74) is 1.26. The zero-order chi connectivity index (χ0) is 58.6. The number of nitriles is 2. The van der Waals surface area contributed by atoms with E-state index in [0.29, 0.717) is 81.9 Å². The summed E-state index contributed by atoms with van der Waals surface area (Å²) in [6, 6.07) is 33.4. The van der Waals surface area contributed by atoms with Crippen molar-refractivity contribution in [2.24, 2.45) is 0 Å². The monoisotopic (exact) mass is 1190 g/mol. The van der Waals surface area contributed by atoms with Gasteiger partial charge >= 0.3 is 18.0 Å². The number of hydroxylamine groups is 6. The number of esters is 2. The molecule has 2 fully saturated rings. The van der Waals surface area contributed by atoms with Gasteiger partial charge in [-0.05, 0) is 90.3 Å². The number of fused-ring (bicyclic) bond motifs is 1. The average molecular weight is 1190 g/mol. The first-order chi connectivity index (χ1) is 37.6. The van der Waals surface area contributed by atoms with Crippen LogP contribution in [-0.2, 0) is 66.2 Å². The number of methoxy groups -OCH3 is 1. The minimum absolute atomic E-state index is 0. The number of nitrogens with one attached hydrogen (secondary N) is 2. The number of aromatic hydroxyl groups is 1. The fourth-order valence-corrected chi connectivity index (χ4v) is 6.85. The molecule has 0 atom stereocenters. The highest BCUT2D eigenvalue weighted by Crippen LogP contribution is 2.17. The number of amidine groups is 2. The smallest absolute Gasteiger partial charge is 0.434 e. The number of alkyl halides is 1. The molecule has 81 heavy (non-hydrogen) atoms. The number of benzene rings is 3. The fourth-order valence-electron chi connectivity index (χ4n) is 6.72. The summed E-state index contributed by atoms with van der Waals surface area (Å²) in [6.45, 7) is 14.5. The predicted molar refractivity (Wildman–Crippen MR) is 311 cm³/mol. The van der Waals surface area contributed by atoms with Gasteiger partial charge in [0.05, 0.1) is 39.0 Å². The molecule has 4 N–H and O–H groups in total. The van der Waals surface area contributed by atoms with Crippen LogP contribution in [0.3, 0.4) is 0 Å². The van der Waals surface area contributed by atoms with E-state index in [0.717, 1.165) is 66.8 Å². The Bertz CT molecular complexity index is 2610. The van der Waals surface area contributed by atoms with Gasteiger partial charge in [-0.15, -0.1) is 36.4 Å². The summed E-state index contributed by atoms with van der Waals surface area (Å²) in [6.07, 6.45) is 6.76. The number of hydrogen-bond donors (Lipinski definition) is 4. The molecule has 4 aromatic rings. The van der Waals surface area contributed by atoms with E-state index in [1.165, 1.54) is 16.7 Å². The summed E-state index contributed by atoms with van der Waals surface area (Å²) in [4.78, 5) is 61.1. The van der Waals surface area contributed by atoms with Crippen LogP contribution in [0.15, 0.2) is 95.8 Å². The number of carbonyl (C=O) groups is 3. The molecule has 4 heterocycles. The van der Waals surface area contributed by atoms with Gasteiger partial charge < -0.3 is 24.1 Å².